The molecule has 0 spiro atoms. The first kappa shape index (κ1) is 22.2. The summed E-state index contributed by atoms with van der Waals surface area (Å²) in [5.41, 5.74) is 5.68. The Labute approximate surface area is 192 Å². The van der Waals surface area contributed by atoms with Gasteiger partial charge in [-0.15, -0.1) is 0 Å². The number of aryl methyl sites for hydroxylation is 2. The third-order valence-electron chi connectivity index (χ3n) is 5.52. The fourth-order valence-electron chi connectivity index (χ4n) is 3.45. The highest BCUT2D eigenvalue weighted by molar-refractivity contribution is 5.97. The summed E-state index contributed by atoms with van der Waals surface area (Å²) < 4.78 is 11.4. The molecule has 0 saturated heterocycles. The molecule has 0 bridgehead atoms. The van der Waals surface area contributed by atoms with E-state index < -0.39 is 0 Å². The summed E-state index contributed by atoms with van der Waals surface area (Å²) >= 11 is 0. The number of pyridine rings is 1. The number of methoxy groups -OCH3 is 1. The van der Waals surface area contributed by atoms with E-state index in [0.29, 0.717) is 29.2 Å². The Morgan fingerprint density at radius 3 is 2.39 bits per heavy atom. The smallest absolute Gasteiger partial charge is 0.251 e. The zero-order valence-electron chi connectivity index (χ0n) is 19.1. The second-order valence-corrected chi connectivity index (χ2v) is 7.85. The maximum Gasteiger partial charge on any atom is 0.251 e. The van der Waals surface area contributed by atoms with Gasteiger partial charge in [0.2, 0.25) is 0 Å². The number of aromatic nitrogens is 3. The standard InChI is InChI=1S/C26H26N4O3/c1-16-17(2)29-23-13-21(5-7-22(23)28-16)26(31)30-18(3)20-6-8-24(25(14-20)32-4)33-15-19-9-11-27-12-10-19/h5-14,18H,15H2,1-4H3,(H,30,31)/t18-/m0/s1. The minimum Gasteiger partial charge on any atom is -0.493 e. The van der Waals surface area contributed by atoms with E-state index in [4.69, 9.17) is 9.47 Å². The van der Waals surface area contributed by atoms with E-state index in [0.717, 1.165) is 28.0 Å². The summed E-state index contributed by atoms with van der Waals surface area (Å²) in [6.07, 6.45) is 3.46. The number of nitrogens with one attached hydrogen (secondary N) is 1. The lowest BCUT2D eigenvalue weighted by atomic mass is 10.1. The number of rotatable bonds is 7. The van der Waals surface area contributed by atoms with Crippen LogP contribution < -0.4 is 14.8 Å². The van der Waals surface area contributed by atoms with E-state index in [2.05, 4.69) is 20.3 Å². The van der Waals surface area contributed by atoms with Crippen LogP contribution in [0.1, 0.15) is 45.8 Å². The third kappa shape index (κ3) is 5.09. The number of amides is 1. The van der Waals surface area contributed by atoms with Crippen molar-refractivity contribution in [3.05, 3.63) is 89.0 Å². The largest absolute Gasteiger partial charge is 0.493 e. The molecule has 0 saturated carbocycles. The minimum atomic E-state index is -0.234. The molecule has 0 unspecified atom stereocenters. The highest BCUT2D eigenvalue weighted by atomic mass is 16.5. The van der Waals surface area contributed by atoms with Gasteiger partial charge in [0.05, 0.1) is 35.6 Å². The predicted molar refractivity (Wildman–Crippen MR) is 126 cm³/mol. The van der Waals surface area contributed by atoms with Crippen LogP contribution in [0.25, 0.3) is 11.0 Å². The average Bonchev–Trinajstić information content (AvgIpc) is 2.83. The van der Waals surface area contributed by atoms with Gasteiger partial charge in [0, 0.05) is 18.0 Å². The van der Waals surface area contributed by atoms with Gasteiger partial charge in [-0.05, 0) is 74.4 Å². The Kier molecular flexibility index (Phi) is 6.49. The van der Waals surface area contributed by atoms with Gasteiger partial charge < -0.3 is 14.8 Å². The van der Waals surface area contributed by atoms with Crippen LogP contribution in [0.2, 0.25) is 0 Å². The van der Waals surface area contributed by atoms with Crippen molar-refractivity contribution < 1.29 is 14.3 Å². The lowest BCUT2D eigenvalue weighted by Gasteiger charge is -2.17. The van der Waals surface area contributed by atoms with E-state index in [1.165, 1.54) is 0 Å². The maximum atomic E-state index is 12.9. The molecule has 1 atom stereocenters. The van der Waals surface area contributed by atoms with E-state index in [9.17, 15) is 4.79 Å². The van der Waals surface area contributed by atoms with Crippen molar-refractivity contribution in [3.8, 4) is 11.5 Å². The number of hydrogen-bond acceptors (Lipinski definition) is 6. The van der Waals surface area contributed by atoms with Gasteiger partial charge in [0.1, 0.15) is 6.61 Å². The molecule has 0 aliphatic rings. The number of fused-ring (bicyclic) bond motifs is 1. The number of hydrogen-bond donors (Lipinski definition) is 1. The third-order valence-corrected chi connectivity index (χ3v) is 5.52. The molecule has 4 aromatic rings. The zero-order chi connectivity index (χ0) is 23.4. The molecule has 0 aliphatic carbocycles. The summed E-state index contributed by atoms with van der Waals surface area (Å²) in [6, 6.07) is 14.6. The highest BCUT2D eigenvalue weighted by Gasteiger charge is 2.15. The Bertz CT molecular complexity index is 1290. The molecule has 0 radical (unpaired) electrons. The quantitative estimate of drug-likeness (QED) is 0.446. The topological polar surface area (TPSA) is 86.2 Å². The van der Waals surface area contributed by atoms with Gasteiger partial charge in [-0.2, -0.15) is 0 Å². The molecule has 1 N–H and O–H groups in total. The SMILES string of the molecule is COc1cc([C@H](C)NC(=O)c2ccc3nc(C)c(C)nc3c2)ccc1OCc1ccncc1. The van der Waals surface area contributed by atoms with Crippen LogP contribution in [-0.4, -0.2) is 28.0 Å². The number of nitrogens with zero attached hydrogens (tertiary/aromatic N) is 3. The highest BCUT2D eigenvalue weighted by Crippen LogP contribution is 2.31. The molecule has 7 heteroatoms. The molecule has 33 heavy (non-hydrogen) atoms. The molecule has 1 amide bonds. The molecule has 4 rings (SSSR count). The van der Waals surface area contributed by atoms with Crippen molar-refractivity contribution in [3.63, 3.8) is 0 Å². The van der Waals surface area contributed by atoms with Crippen molar-refractivity contribution in [2.75, 3.05) is 7.11 Å². The Hall–Kier alpha value is -4.00. The first-order valence-electron chi connectivity index (χ1n) is 10.7. The van der Waals surface area contributed by atoms with Crippen molar-refractivity contribution in [2.45, 2.75) is 33.4 Å². The zero-order valence-corrected chi connectivity index (χ0v) is 19.1. The maximum absolute atomic E-state index is 12.9. The van der Waals surface area contributed by atoms with Gasteiger partial charge >= 0.3 is 0 Å². The minimum absolute atomic E-state index is 0.179. The Morgan fingerprint density at radius 1 is 0.939 bits per heavy atom. The van der Waals surface area contributed by atoms with Gasteiger partial charge in [0.25, 0.3) is 5.91 Å². The summed E-state index contributed by atoms with van der Waals surface area (Å²) in [5.74, 6) is 1.06. The van der Waals surface area contributed by atoms with Crippen LogP contribution >= 0.6 is 0 Å². The first-order valence-corrected chi connectivity index (χ1v) is 10.7. The molecule has 2 aromatic heterocycles. The van der Waals surface area contributed by atoms with Gasteiger partial charge in [-0.1, -0.05) is 6.07 Å². The fraction of sp³-hybridized carbons (Fsp3) is 0.231. The van der Waals surface area contributed by atoms with E-state index in [1.54, 1.807) is 31.6 Å². The van der Waals surface area contributed by atoms with Crippen LogP contribution in [0, 0.1) is 13.8 Å². The number of benzene rings is 2. The molecule has 168 valence electrons. The number of carbonyl (C=O) groups excluding carboxylic acids is 1. The van der Waals surface area contributed by atoms with Crippen LogP contribution in [0.4, 0.5) is 0 Å². The molecular weight excluding hydrogens is 416 g/mol. The van der Waals surface area contributed by atoms with E-state index in [-0.39, 0.29) is 11.9 Å². The summed E-state index contributed by atoms with van der Waals surface area (Å²) in [6.45, 7) is 6.18. The van der Waals surface area contributed by atoms with Crippen molar-refractivity contribution in [1.29, 1.82) is 0 Å². The summed E-state index contributed by atoms with van der Waals surface area (Å²) in [5, 5.41) is 3.04. The molecular formula is C26H26N4O3. The lowest BCUT2D eigenvalue weighted by molar-refractivity contribution is 0.0940. The van der Waals surface area contributed by atoms with Crippen LogP contribution in [0.3, 0.4) is 0 Å². The number of ether oxygens (including phenoxy) is 2. The Balaban J connectivity index is 1.47. The Morgan fingerprint density at radius 2 is 1.67 bits per heavy atom. The fourth-order valence-corrected chi connectivity index (χ4v) is 3.45. The lowest BCUT2D eigenvalue weighted by Crippen LogP contribution is -2.26. The van der Waals surface area contributed by atoms with Gasteiger partial charge in [-0.3, -0.25) is 9.78 Å². The average molecular weight is 443 g/mol. The molecule has 0 fully saturated rings. The van der Waals surface area contributed by atoms with Crippen molar-refractivity contribution in [2.24, 2.45) is 0 Å². The summed E-state index contributed by atoms with van der Waals surface area (Å²) in [4.78, 5) is 26.0. The molecule has 7 nitrogen and oxygen atoms in total. The molecule has 2 aromatic carbocycles. The first-order chi connectivity index (χ1) is 15.9. The van der Waals surface area contributed by atoms with Crippen molar-refractivity contribution >= 4 is 16.9 Å². The number of carbonyl (C=O) groups is 1. The van der Waals surface area contributed by atoms with E-state index in [1.807, 2.05) is 57.2 Å². The summed E-state index contributed by atoms with van der Waals surface area (Å²) in [7, 11) is 1.60. The molecule has 2 heterocycles. The van der Waals surface area contributed by atoms with Crippen LogP contribution in [-0.2, 0) is 6.61 Å². The normalized spacial score (nSPS) is 11.8. The second kappa shape index (κ2) is 9.65. The monoisotopic (exact) mass is 442 g/mol. The van der Waals surface area contributed by atoms with Crippen LogP contribution in [0.5, 0.6) is 11.5 Å². The predicted octanol–water partition coefficient (Wildman–Crippen LogP) is 4.72. The van der Waals surface area contributed by atoms with Gasteiger partial charge in [0.15, 0.2) is 11.5 Å². The van der Waals surface area contributed by atoms with Crippen LogP contribution in [0.15, 0.2) is 60.9 Å². The second-order valence-electron chi connectivity index (χ2n) is 7.85. The van der Waals surface area contributed by atoms with Gasteiger partial charge in [-0.25, -0.2) is 9.97 Å². The molecule has 0 aliphatic heterocycles. The van der Waals surface area contributed by atoms with E-state index >= 15 is 0 Å². The van der Waals surface area contributed by atoms with Crippen molar-refractivity contribution in [1.82, 2.24) is 20.3 Å².